The maximum atomic E-state index is 10.5. The number of H-pyrrole nitrogens is 1. The van der Waals surface area contributed by atoms with Gasteiger partial charge in [0.05, 0.1) is 11.3 Å². The number of rotatable bonds is 3. The van der Waals surface area contributed by atoms with Crippen LogP contribution in [0.4, 0.5) is 0 Å². The van der Waals surface area contributed by atoms with Gasteiger partial charge in [0.15, 0.2) is 10.6 Å². The number of aromatic nitrogens is 3. The Morgan fingerprint density at radius 3 is 2.52 bits per heavy atom. The zero-order valence-electron chi connectivity index (χ0n) is 15.0. The van der Waals surface area contributed by atoms with Crippen LogP contribution in [0.15, 0.2) is 54.6 Å². The summed E-state index contributed by atoms with van der Waals surface area (Å²) in [5, 5.41) is 29.9. The second kappa shape index (κ2) is 6.55. The quantitative estimate of drug-likeness (QED) is 0.424. The minimum Gasteiger partial charge on any atom is -0.508 e. The highest BCUT2D eigenvalue weighted by Crippen LogP contribution is 2.38. The first kappa shape index (κ1) is 17.3. The van der Waals surface area contributed by atoms with E-state index >= 15 is 0 Å². The minimum atomic E-state index is -0.0487. The molecule has 0 aliphatic carbocycles. The number of phenols is 2. The summed E-state index contributed by atoms with van der Waals surface area (Å²) in [5.74, 6) is 0.609. The smallest absolute Gasteiger partial charge is 0.200 e. The molecule has 0 bridgehead atoms. The third kappa shape index (κ3) is 2.88. The Hall–Kier alpha value is -3.12. The van der Waals surface area contributed by atoms with Crippen molar-refractivity contribution in [2.45, 2.75) is 19.8 Å². The molecule has 5 nitrogen and oxygen atoms in total. The largest absolute Gasteiger partial charge is 0.508 e. The molecule has 27 heavy (non-hydrogen) atoms. The number of nitrogens with one attached hydrogen (secondary N) is 1. The molecular weight excluding hydrogens is 358 g/mol. The Kier molecular flexibility index (Phi) is 4.20. The topological polar surface area (TPSA) is 74.1 Å². The van der Waals surface area contributed by atoms with Gasteiger partial charge in [-0.3, -0.25) is 9.67 Å². The molecule has 1 heterocycles. The van der Waals surface area contributed by atoms with E-state index in [-0.39, 0.29) is 17.4 Å². The van der Waals surface area contributed by atoms with Crippen molar-refractivity contribution in [2.24, 2.45) is 0 Å². The van der Waals surface area contributed by atoms with Gasteiger partial charge in [0.25, 0.3) is 0 Å². The fraction of sp³-hybridized carbons (Fsp3) is 0.143. The van der Waals surface area contributed by atoms with Crippen molar-refractivity contribution in [3.05, 3.63) is 64.9 Å². The zero-order valence-corrected chi connectivity index (χ0v) is 15.8. The molecule has 0 fully saturated rings. The van der Waals surface area contributed by atoms with E-state index in [1.807, 2.05) is 60.9 Å². The van der Waals surface area contributed by atoms with E-state index in [9.17, 15) is 10.2 Å². The van der Waals surface area contributed by atoms with Gasteiger partial charge in [-0.1, -0.05) is 50.2 Å². The van der Waals surface area contributed by atoms with Crippen molar-refractivity contribution in [3.63, 3.8) is 0 Å². The molecule has 0 spiro atoms. The van der Waals surface area contributed by atoms with E-state index in [2.05, 4.69) is 10.2 Å². The first-order valence-corrected chi connectivity index (χ1v) is 9.10. The van der Waals surface area contributed by atoms with Crippen LogP contribution in [0.25, 0.3) is 27.8 Å². The molecule has 136 valence electrons. The van der Waals surface area contributed by atoms with Crippen molar-refractivity contribution in [1.82, 2.24) is 14.8 Å². The number of fused-ring (bicyclic) bond motifs is 1. The fourth-order valence-electron chi connectivity index (χ4n) is 3.34. The van der Waals surface area contributed by atoms with Crippen molar-refractivity contribution in [3.8, 4) is 28.6 Å². The van der Waals surface area contributed by atoms with Crippen LogP contribution in [0, 0.1) is 4.77 Å². The molecule has 0 aliphatic heterocycles. The maximum Gasteiger partial charge on any atom is 0.200 e. The van der Waals surface area contributed by atoms with E-state index in [1.54, 1.807) is 6.07 Å². The van der Waals surface area contributed by atoms with Gasteiger partial charge < -0.3 is 10.2 Å². The minimum absolute atomic E-state index is 0.0487. The van der Waals surface area contributed by atoms with Crippen LogP contribution in [0.3, 0.4) is 0 Å². The zero-order chi connectivity index (χ0) is 19.1. The van der Waals surface area contributed by atoms with Crippen molar-refractivity contribution in [1.29, 1.82) is 0 Å². The molecule has 0 atom stereocenters. The number of hydrogen-bond donors (Lipinski definition) is 3. The summed E-state index contributed by atoms with van der Waals surface area (Å²) >= 11 is 5.49. The number of aromatic hydroxyl groups is 2. The summed E-state index contributed by atoms with van der Waals surface area (Å²) < 4.78 is 2.24. The number of nitrogens with zero attached hydrogens (tertiary/aromatic N) is 2. The fourth-order valence-corrected chi connectivity index (χ4v) is 3.57. The molecule has 0 radical (unpaired) electrons. The molecule has 1 aromatic heterocycles. The molecular formula is C21H19N3O2S. The van der Waals surface area contributed by atoms with Crippen LogP contribution < -0.4 is 0 Å². The highest BCUT2D eigenvalue weighted by atomic mass is 32.1. The highest BCUT2D eigenvalue weighted by molar-refractivity contribution is 7.71. The van der Waals surface area contributed by atoms with Crippen LogP contribution in [0.5, 0.6) is 11.5 Å². The molecule has 3 aromatic carbocycles. The molecule has 0 amide bonds. The van der Waals surface area contributed by atoms with E-state index < -0.39 is 0 Å². The summed E-state index contributed by atoms with van der Waals surface area (Å²) in [5.41, 5.74) is 2.12. The molecule has 0 unspecified atom stereocenters. The van der Waals surface area contributed by atoms with Gasteiger partial charge in [0, 0.05) is 11.5 Å². The van der Waals surface area contributed by atoms with Crippen LogP contribution in [-0.4, -0.2) is 25.0 Å². The van der Waals surface area contributed by atoms with Gasteiger partial charge in [-0.05, 0) is 41.2 Å². The van der Waals surface area contributed by atoms with Crippen LogP contribution in [-0.2, 0) is 0 Å². The second-order valence-corrected chi connectivity index (χ2v) is 7.16. The van der Waals surface area contributed by atoms with E-state index in [1.165, 1.54) is 6.07 Å². The summed E-state index contributed by atoms with van der Waals surface area (Å²) in [6.07, 6.45) is 0. The molecule has 0 aliphatic rings. The Labute approximate surface area is 161 Å². The summed E-state index contributed by atoms with van der Waals surface area (Å²) in [7, 11) is 0. The van der Waals surface area contributed by atoms with Crippen LogP contribution in [0.1, 0.15) is 25.3 Å². The predicted molar refractivity (Wildman–Crippen MR) is 109 cm³/mol. The van der Waals surface area contributed by atoms with Crippen molar-refractivity contribution in [2.75, 3.05) is 0 Å². The average Bonchev–Trinajstić information content (AvgIpc) is 3.02. The van der Waals surface area contributed by atoms with Gasteiger partial charge in [-0.2, -0.15) is 5.10 Å². The lowest BCUT2D eigenvalue weighted by atomic mass is 9.98. The van der Waals surface area contributed by atoms with Gasteiger partial charge >= 0.3 is 0 Å². The normalized spacial score (nSPS) is 11.4. The molecule has 0 saturated carbocycles. The number of benzene rings is 3. The molecule has 3 N–H and O–H groups in total. The van der Waals surface area contributed by atoms with Gasteiger partial charge in [-0.25, -0.2) is 0 Å². The highest BCUT2D eigenvalue weighted by Gasteiger charge is 2.19. The number of hydrogen-bond acceptors (Lipinski definition) is 4. The predicted octanol–water partition coefficient (Wildman–Crippen LogP) is 5.28. The summed E-state index contributed by atoms with van der Waals surface area (Å²) in [6.45, 7) is 3.97. The number of aromatic amines is 1. The van der Waals surface area contributed by atoms with E-state index in [0.717, 1.165) is 22.0 Å². The standard InChI is InChI=1S/C21H19N3O2S/c1-12(2)15-10-16(19(26)11-18(15)25)20-22-23-21(27)24(20)17-9-5-7-13-6-3-4-8-14(13)17/h3-12,25-26H,1-2H3,(H,23,27). The third-order valence-electron chi connectivity index (χ3n) is 4.69. The van der Waals surface area contributed by atoms with Gasteiger partial charge in [0.1, 0.15) is 11.5 Å². The van der Waals surface area contributed by atoms with Crippen molar-refractivity contribution < 1.29 is 10.2 Å². The summed E-state index contributed by atoms with van der Waals surface area (Å²) in [6, 6.07) is 17.1. The second-order valence-electron chi connectivity index (χ2n) is 6.77. The Morgan fingerprint density at radius 1 is 1.00 bits per heavy atom. The monoisotopic (exact) mass is 377 g/mol. The number of phenolic OH excluding ortho intramolecular Hbond substituents is 2. The lowest BCUT2D eigenvalue weighted by Gasteiger charge is -2.14. The Morgan fingerprint density at radius 2 is 1.74 bits per heavy atom. The first-order chi connectivity index (χ1) is 13.0. The molecule has 4 rings (SSSR count). The van der Waals surface area contributed by atoms with E-state index in [4.69, 9.17) is 12.2 Å². The van der Waals surface area contributed by atoms with Crippen LogP contribution >= 0.6 is 12.2 Å². The molecule has 0 saturated heterocycles. The van der Waals surface area contributed by atoms with Gasteiger partial charge in [0.2, 0.25) is 0 Å². The Balaban J connectivity index is 2.02. The van der Waals surface area contributed by atoms with E-state index in [0.29, 0.717) is 16.2 Å². The lowest BCUT2D eigenvalue weighted by Crippen LogP contribution is -2.00. The molecule has 6 heteroatoms. The van der Waals surface area contributed by atoms with Crippen LogP contribution in [0.2, 0.25) is 0 Å². The lowest BCUT2D eigenvalue weighted by molar-refractivity contribution is 0.444. The maximum absolute atomic E-state index is 10.5. The SMILES string of the molecule is CC(C)c1cc(-c2n[nH]c(=S)n2-c2cccc3ccccc23)c(O)cc1O. The van der Waals surface area contributed by atoms with Crippen molar-refractivity contribution >= 4 is 23.0 Å². The Bertz CT molecular complexity index is 1200. The average molecular weight is 377 g/mol. The third-order valence-corrected chi connectivity index (χ3v) is 4.96. The van der Waals surface area contributed by atoms with Gasteiger partial charge in [-0.15, -0.1) is 0 Å². The first-order valence-electron chi connectivity index (χ1n) is 8.69. The molecule has 4 aromatic rings. The summed E-state index contributed by atoms with van der Waals surface area (Å²) in [4.78, 5) is 0.